The lowest BCUT2D eigenvalue weighted by molar-refractivity contribution is -0.136. The lowest BCUT2D eigenvalue weighted by Crippen LogP contribution is -2.54. The van der Waals surface area contributed by atoms with E-state index in [1.807, 2.05) is 6.07 Å². The van der Waals surface area contributed by atoms with E-state index in [1.54, 1.807) is 12.1 Å². The Balaban J connectivity index is 1.83. The van der Waals surface area contributed by atoms with E-state index < -0.39 is 23.8 Å². The fourth-order valence-electron chi connectivity index (χ4n) is 3.15. The van der Waals surface area contributed by atoms with Crippen LogP contribution < -0.4 is 11.1 Å². The molecule has 1 atom stereocenters. The molecular formula is C17H19N3O4. The summed E-state index contributed by atoms with van der Waals surface area (Å²) in [6, 6.07) is 4.27. The van der Waals surface area contributed by atoms with Crippen molar-refractivity contribution in [3.63, 3.8) is 0 Å². The molecule has 3 rings (SSSR count). The molecular weight excluding hydrogens is 310 g/mol. The van der Waals surface area contributed by atoms with E-state index in [0.717, 1.165) is 29.7 Å². The minimum Gasteiger partial charge on any atom is -0.330 e. The van der Waals surface area contributed by atoms with Gasteiger partial charge in [0.1, 0.15) is 6.04 Å². The number of aryl methyl sites for hydroxylation is 1. The third kappa shape index (κ3) is 2.82. The van der Waals surface area contributed by atoms with Gasteiger partial charge in [-0.25, -0.2) is 0 Å². The molecule has 2 heterocycles. The fourth-order valence-corrected chi connectivity index (χ4v) is 3.15. The van der Waals surface area contributed by atoms with Crippen LogP contribution in [0.1, 0.15) is 52.0 Å². The number of hydrogen-bond donors (Lipinski definition) is 2. The quantitative estimate of drug-likeness (QED) is 0.599. The number of piperidine rings is 1. The number of imide groups is 2. The van der Waals surface area contributed by atoms with E-state index in [2.05, 4.69) is 5.32 Å². The second-order valence-corrected chi connectivity index (χ2v) is 6.07. The van der Waals surface area contributed by atoms with Crippen molar-refractivity contribution in [1.82, 2.24) is 10.2 Å². The first kappa shape index (κ1) is 16.3. The van der Waals surface area contributed by atoms with Crippen LogP contribution in [0.3, 0.4) is 0 Å². The summed E-state index contributed by atoms with van der Waals surface area (Å²) in [7, 11) is 0. The van der Waals surface area contributed by atoms with Crippen LogP contribution in [0, 0.1) is 0 Å². The van der Waals surface area contributed by atoms with Crippen molar-refractivity contribution < 1.29 is 19.2 Å². The molecule has 126 valence electrons. The van der Waals surface area contributed by atoms with Crippen LogP contribution in [0.5, 0.6) is 0 Å². The number of unbranched alkanes of at least 4 members (excludes halogenated alkanes) is 1. The first-order valence-electron chi connectivity index (χ1n) is 8.07. The number of amides is 4. The lowest BCUT2D eigenvalue weighted by Gasteiger charge is -2.27. The standard InChI is InChI=1S/C17H19N3O4/c18-8-2-1-3-10-4-5-11-12(9-10)17(24)20(16(11)23)13-6-7-14(21)19-15(13)22/h4-5,9,13H,1-3,6-8,18H2,(H,19,21,22). The maximum Gasteiger partial charge on any atom is 0.262 e. The van der Waals surface area contributed by atoms with Crippen molar-refractivity contribution in [2.24, 2.45) is 5.73 Å². The molecule has 24 heavy (non-hydrogen) atoms. The van der Waals surface area contributed by atoms with Gasteiger partial charge in [0.05, 0.1) is 11.1 Å². The monoisotopic (exact) mass is 329 g/mol. The SMILES string of the molecule is NCCCCc1ccc2c(c1)C(=O)N(C1CCC(=O)NC1=O)C2=O. The Kier molecular flexibility index (Phi) is 4.44. The van der Waals surface area contributed by atoms with E-state index in [9.17, 15) is 19.2 Å². The van der Waals surface area contributed by atoms with Crippen molar-refractivity contribution in [2.45, 2.75) is 38.1 Å². The molecule has 7 nitrogen and oxygen atoms in total. The molecule has 1 aromatic rings. The first-order valence-corrected chi connectivity index (χ1v) is 8.07. The number of carbonyl (C=O) groups excluding carboxylic acids is 4. The second-order valence-electron chi connectivity index (χ2n) is 6.07. The van der Waals surface area contributed by atoms with Crippen molar-refractivity contribution in [3.8, 4) is 0 Å². The third-order valence-corrected chi connectivity index (χ3v) is 4.42. The summed E-state index contributed by atoms with van der Waals surface area (Å²) in [6.07, 6.45) is 2.87. The van der Waals surface area contributed by atoms with Crippen LogP contribution in [-0.2, 0) is 16.0 Å². The van der Waals surface area contributed by atoms with Gasteiger partial charge < -0.3 is 5.73 Å². The smallest absolute Gasteiger partial charge is 0.262 e. The van der Waals surface area contributed by atoms with E-state index >= 15 is 0 Å². The van der Waals surface area contributed by atoms with Crippen molar-refractivity contribution in [1.29, 1.82) is 0 Å². The summed E-state index contributed by atoms with van der Waals surface area (Å²) >= 11 is 0. The largest absolute Gasteiger partial charge is 0.330 e. The predicted molar refractivity (Wildman–Crippen MR) is 85.1 cm³/mol. The molecule has 0 aliphatic carbocycles. The molecule has 1 aromatic carbocycles. The Morgan fingerprint density at radius 2 is 1.83 bits per heavy atom. The van der Waals surface area contributed by atoms with E-state index in [0.29, 0.717) is 17.7 Å². The van der Waals surface area contributed by atoms with Crippen molar-refractivity contribution in [2.75, 3.05) is 6.54 Å². The number of nitrogens with zero attached hydrogens (tertiary/aromatic N) is 1. The van der Waals surface area contributed by atoms with Crippen LogP contribution in [-0.4, -0.2) is 41.1 Å². The molecule has 0 saturated carbocycles. The summed E-state index contributed by atoms with van der Waals surface area (Å²) < 4.78 is 0. The molecule has 1 unspecified atom stereocenters. The summed E-state index contributed by atoms with van der Waals surface area (Å²) in [6.45, 7) is 0.617. The number of carbonyl (C=O) groups is 4. The summed E-state index contributed by atoms with van der Waals surface area (Å²) in [5, 5.41) is 2.18. The molecule has 0 radical (unpaired) electrons. The minimum atomic E-state index is -0.921. The molecule has 0 bridgehead atoms. The van der Waals surface area contributed by atoms with E-state index in [1.165, 1.54) is 0 Å². The Morgan fingerprint density at radius 3 is 2.54 bits per heavy atom. The van der Waals surface area contributed by atoms with Gasteiger partial charge in [-0.2, -0.15) is 0 Å². The highest BCUT2D eigenvalue weighted by Gasteiger charge is 2.44. The van der Waals surface area contributed by atoms with Crippen LogP contribution in [0.4, 0.5) is 0 Å². The van der Waals surface area contributed by atoms with Gasteiger partial charge in [-0.15, -0.1) is 0 Å². The molecule has 4 amide bonds. The Labute approximate surface area is 139 Å². The highest BCUT2D eigenvalue weighted by molar-refractivity contribution is 6.23. The van der Waals surface area contributed by atoms with Gasteiger partial charge in [-0.1, -0.05) is 6.07 Å². The van der Waals surface area contributed by atoms with Crippen LogP contribution in [0.25, 0.3) is 0 Å². The maximum absolute atomic E-state index is 12.6. The highest BCUT2D eigenvalue weighted by Crippen LogP contribution is 2.28. The number of nitrogens with one attached hydrogen (secondary N) is 1. The molecule has 2 aliphatic rings. The molecule has 0 spiro atoms. The van der Waals surface area contributed by atoms with Gasteiger partial charge in [0.2, 0.25) is 11.8 Å². The average molecular weight is 329 g/mol. The van der Waals surface area contributed by atoms with Gasteiger partial charge in [-0.05, 0) is 49.9 Å². The molecule has 3 N–H and O–H groups in total. The number of rotatable bonds is 5. The predicted octanol–water partition coefficient (Wildman–Crippen LogP) is 0.369. The lowest BCUT2D eigenvalue weighted by atomic mass is 10.0. The zero-order valence-electron chi connectivity index (χ0n) is 13.2. The fraction of sp³-hybridized carbons (Fsp3) is 0.412. The van der Waals surface area contributed by atoms with Crippen LogP contribution in [0.15, 0.2) is 18.2 Å². The maximum atomic E-state index is 12.6. The van der Waals surface area contributed by atoms with Gasteiger partial charge >= 0.3 is 0 Å². The van der Waals surface area contributed by atoms with Crippen LogP contribution >= 0.6 is 0 Å². The Bertz CT molecular complexity index is 729. The number of hydrogen-bond acceptors (Lipinski definition) is 5. The van der Waals surface area contributed by atoms with Gasteiger partial charge in [0, 0.05) is 6.42 Å². The van der Waals surface area contributed by atoms with Gasteiger partial charge in [0.15, 0.2) is 0 Å². The topological polar surface area (TPSA) is 110 Å². The van der Waals surface area contributed by atoms with Gasteiger partial charge in [-0.3, -0.25) is 29.4 Å². The van der Waals surface area contributed by atoms with E-state index in [-0.39, 0.29) is 18.7 Å². The molecule has 7 heteroatoms. The second kappa shape index (κ2) is 6.52. The number of benzene rings is 1. The molecule has 2 aliphatic heterocycles. The summed E-state index contributed by atoms with van der Waals surface area (Å²) in [4.78, 5) is 49.4. The van der Waals surface area contributed by atoms with E-state index in [4.69, 9.17) is 5.73 Å². The highest BCUT2D eigenvalue weighted by atomic mass is 16.2. The molecule has 1 fully saturated rings. The number of fused-ring (bicyclic) bond motifs is 1. The minimum absolute atomic E-state index is 0.119. The summed E-state index contributed by atoms with van der Waals surface area (Å²) in [5.41, 5.74) is 7.09. The third-order valence-electron chi connectivity index (χ3n) is 4.42. The zero-order chi connectivity index (χ0) is 17.3. The van der Waals surface area contributed by atoms with Gasteiger partial charge in [0.25, 0.3) is 11.8 Å². The molecule has 1 saturated heterocycles. The Hall–Kier alpha value is -2.54. The van der Waals surface area contributed by atoms with Crippen molar-refractivity contribution in [3.05, 3.63) is 34.9 Å². The average Bonchev–Trinajstić information content (AvgIpc) is 2.80. The van der Waals surface area contributed by atoms with Crippen LogP contribution in [0.2, 0.25) is 0 Å². The van der Waals surface area contributed by atoms with Crippen molar-refractivity contribution >= 4 is 23.6 Å². The zero-order valence-corrected chi connectivity index (χ0v) is 13.2. The summed E-state index contributed by atoms with van der Waals surface area (Å²) in [5.74, 6) is -1.91. The normalized spacial score (nSPS) is 20.4. The number of nitrogens with two attached hydrogens (primary N) is 1. The first-order chi connectivity index (χ1) is 11.5. The molecule has 0 aromatic heterocycles. The Morgan fingerprint density at radius 1 is 1.08 bits per heavy atom.